The molecule has 0 aromatic heterocycles. The maximum absolute atomic E-state index is 13.6. The summed E-state index contributed by atoms with van der Waals surface area (Å²) in [7, 11) is 0. The SMILES string of the molecule is CC(C)Oc1ccc(C2NC(c3cccc4c3CCC4NCCO)=NO2)cc1C(F)(F)F. The Morgan fingerprint density at radius 2 is 2.09 bits per heavy atom. The molecule has 172 valence electrons. The molecule has 0 bridgehead atoms. The van der Waals surface area contributed by atoms with Gasteiger partial charge >= 0.3 is 6.18 Å². The van der Waals surface area contributed by atoms with E-state index in [2.05, 4.69) is 15.8 Å². The normalized spacial score (nSPS) is 20.0. The van der Waals surface area contributed by atoms with Crippen LogP contribution in [0.2, 0.25) is 0 Å². The number of halogens is 3. The molecule has 1 aliphatic carbocycles. The number of hydrogen-bond donors (Lipinski definition) is 3. The molecule has 2 atom stereocenters. The van der Waals surface area contributed by atoms with Crippen LogP contribution in [-0.2, 0) is 17.4 Å². The second-order valence-corrected chi connectivity index (χ2v) is 8.13. The second-order valence-electron chi connectivity index (χ2n) is 8.13. The number of nitrogens with zero attached hydrogens (tertiary/aromatic N) is 1. The quantitative estimate of drug-likeness (QED) is 0.595. The van der Waals surface area contributed by atoms with E-state index in [0.29, 0.717) is 17.9 Å². The molecule has 2 aromatic rings. The number of hydrogen-bond acceptors (Lipinski definition) is 6. The lowest BCUT2D eigenvalue weighted by Gasteiger charge is -2.19. The van der Waals surface area contributed by atoms with Crippen molar-refractivity contribution in [1.29, 1.82) is 0 Å². The zero-order chi connectivity index (χ0) is 22.9. The van der Waals surface area contributed by atoms with E-state index in [1.54, 1.807) is 19.9 Å². The minimum absolute atomic E-state index is 0.0657. The van der Waals surface area contributed by atoms with E-state index in [9.17, 15) is 13.2 Å². The Morgan fingerprint density at radius 3 is 2.81 bits per heavy atom. The lowest BCUT2D eigenvalue weighted by Crippen LogP contribution is -2.25. The van der Waals surface area contributed by atoms with Gasteiger partial charge in [0.25, 0.3) is 0 Å². The van der Waals surface area contributed by atoms with Crippen LogP contribution >= 0.6 is 0 Å². The Balaban J connectivity index is 1.55. The molecule has 32 heavy (non-hydrogen) atoms. The first-order chi connectivity index (χ1) is 15.3. The summed E-state index contributed by atoms with van der Waals surface area (Å²) in [5.74, 6) is 0.281. The summed E-state index contributed by atoms with van der Waals surface area (Å²) in [4.78, 5) is 5.47. The van der Waals surface area contributed by atoms with Crippen LogP contribution < -0.4 is 15.4 Å². The van der Waals surface area contributed by atoms with Crippen LogP contribution in [-0.4, -0.2) is 30.2 Å². The number of oxime groups is 1. The number of aliphatic hydroxyl groups is 1. The number of benzene rings is 2. The Kier molecular flexibility index (Phi) is 6.30. The van der Waals surface area contributed by atoms with Gasteiger partial charge in [0.15, 0.2) is 5.84 Å². The molecule has 2 aliphatic rings. The molecule has 9 heteroatoms. The summed E-state index contributed by atoms with van der Waals surface area (Å²) in [6.45, 7) is 3.93. The zero-order valence-corrected chi connectivity index (χ0v) is 17.9. The zero-order valence-electron chi connectivity index (χ0n) is 17.9. The molecule has 6 nitrogen and oxygen atoms in total. The van der Waals surface area contributed by atoms with Gasteiger partial charge in [-0.15, -0.1) is 0 Å². The molecular formula is C23H26F3N3O3. The van der Waals surface area contributed by atoms with E-state index in [0.717, 1.165) is 35.6 Å². The molecule has 1 heterocycles. The molecule has 3 N–H and O–H groups in total. The van der Waals surface area contributed by atoms with Crippen LogP contribution in [0.4, 0.5) is 13.2 Å². The first-order valence-electron chi connectivity index (χ1n) is 10.6. The van der Waals surface area contributed by atoms with Crippen LogP contribution in [0.3, 0.4) is 0 Å². The number of amidine groups is 1. The maximum atomic E-state index is 13.6. The smallest absolute Gasteiger partial charge is 0.419 e. The highest BCUT2D eigenvalue weighted by atomic mass is 19.4. The number of rotatable bonds is 7. The Labute approximate surface area is 184 Å². The monoisotopic (exact) mass is 449 g/mol. The van der Waals surface area contributed by atoms with Gasteiger partial charge in [-0.1, -0.05) is 23.4 Å². The molecule has 0 radical (unpaired) electrons. The average molecular weight is 449 g/mol. The maximum Gasteiger partial charge on any atom is 0.419 e. The summed E-state index contributed by atoms with van der Waals surface area (Å²) in [5.41, 5.74) is 2.59. The van der Waals surface area contributed by atoms with Gasteiger partial charge in [0.1, 0.15) is 5.75 Å². The van der Waals surface area contributed by atoms with Crippen molar-refractivity contribution in [2.24, 2.45) is 5.16 Å². The summed E-state index contributed by atoms with van der Waals surface area (Å²) < 4.78 is 46.1. The van der Waals surface area contributed by atoms with Crippen molar-refractivity contribution in [3.8, 4) is 5.75 Å². The van der Waals surface area contributed by atoms with E-state index >= 15 is 0 Å². The lowest BCUT2D eigenvalue weighted by molar-refractivity contribution is -0.139. The third kappa shape index (κ3) is 4.54. The Hall–Kier alpha value is -2.78. The summed E-state index contributed by atoms with van der Waals surface area (Å²) in [6.07, 6.45) is -4.04. The predicted octanol–water partition coefficient (Wildman–Crippen LogP) is 4.04. The Bertz CT molecular complexity index is 1010. The van der Waals surface area contributed by atoms with Gasteiger partial charge in [-0.2, -0.15) is 13.2 Å². The van der Waals surface area contributed by atoms with E-state index < -0.39 is 18.0 Å². The minimum atomic E-state index is -4.56. The van der Waals surface area contributed by atoms with E-state index in [-0.39, 0.29) is 24.5 Å². The molecule has 1 aliphatic heterocycles. The van der Waals surface area contributed by atoms with Crippen molar-refractivity contribution < 1.29 is 27.9 Å². The van der Waals surface area contributed by atoms with E-state index in [1.807, 2.05) is 18.2 Å². The van der Waals surface area contributed by atoms with Crippen molar-refractivity contribution in [1.82, 2.24) is 10.6 Å². The molecule has 2 unspecified atom stereocenters. The van der Waals surface area contributed by atoms with Gasteiger partial charge in [-0.25, -0.2) is 0 Å². The summed E-state index contributed by atoms with van der Waals surface area (Å²) >= 11 is 0. The van der Waals surface area contributed by atoms with Crippen molar-refractivity contribution in [3.63, 3.8) is 0 Å². The highest BCUT2D eigenvalue weighted by Gasteiger charge is 2.36. The molecule has 0 spiro atoms. The van der Waals surface area contributed by atoms with Crippen molar-refractivity contribution in [2.75, 3.05) is 13.2 Å². The van der Waals surface area contributed by atoms with Gasteiger partial charge in [-0.3, -0.25) is 0 Å². The van der Waals surface area contributed by atoms with Crippen LogP contribution in [0.25, 0.3) is 0 Å². The van der Waals surface area contributed by atoms with Crippen LogP contribution in [0.5, 0.6) is 5.75 Å². The van der Waals surface area contributed by atoms with Crippen LogP contribution in [0.1, 0.15) is 60.4 Å². The fourth-order valence-corrected chi connectivity index (χ4v) is 4.17. The van der Waals surface area contributed by atoms with Gasteiger partial charge in [0, 0.05) is 23.7 Å². The van der Waals surface area contributed by atoms with Gasteiger partial charge in [-0.05, 0) is 56.0 Å². The number of ether oxygens (including phenoxy) is 1. The fourth-order valence-electron chi connectivity index (χ4n) is 4.17. The van der Waals surface area contributed by atoms with Gasteiger partial charge < -0.3 is 25.3 Å². The van der Waals surface area contributed by atoms with E-state index in [1.165, 1.54) is 6.07 Å². The van der Waals surface area contributed by atoms with Crippen molar-refractivity contribution in [3.05, 3.63) is 64.2 Å². The van der Waals surface area contributed by atoms with Crippen LogP contribution in [0.15, 0.2) is 41.6 Å². The predicted molar refractivity (Wildman–Crippen MR) is 113 cm³/mol. The van der Waals surface area contributed by atoms with Gasteiger partial charge in [0.05, 0.1) is 18.3 Å². The average Bonchev–Trinajstić information content (AvgIpc) is 3.39. The highest BCUT2D eigenvalue weighted by Crippen LogP contribution is 2.39. The molecule has 0 fully saturated rings. The summed E-state index contributed by atoms with van der Waals surface area (Å²) in [5, 5.41) is 19.6. The number of fused-ring (bicyclic) bond motifs is 1. The number of aliphatic hydroxyl groups excluding tert-OH is 1. The molecule has 0 saturated carbocycles. The molecular weight excluding hydrogens is 423 g/mol. The third-order valence-corrected chi connectivity index (χ3v) is 5.52. The van der Waals surface area contributed by atoms with Crippen molar-refractivity contribution >= 4 is 5.84 Å². The van der Waals surface area contributed by atoms with Crippen molar-refractivity contribution in [2.45, 2.75) is 51.2 Å². The fraction of sp³-hybridized carbons (Fsp3) is 0.435. The first kappa shape index (κ1) is 22.4. The molecule has 2 aromatic carbocycles. The van der Waals surface area contributed by atoms with E-state index in [4.69, 9.17) is 14.7 Å². The summed E-state index contributed by atoms with van der Waals surface area (Å²) in [6, 6.07) is 9.94. The van der Waals surface area contributed by atoms with Gasteiger partial charge in [0.2, 0.25) is 6.23 Å². The number of alkyl halides is 3. The Morgan fingerprint density at radius 1 is 1.28 bits per heavy atom. The molecule has 0 saturated heterocycles. The first-order valence-corrected chi connectivity index (χ1v) is 10.6. The highest BCUT2D eigenvalue weighted by molar-refractivity contribution is 6.01. The number of nitrogens with one attached hydrogen (secondary N) is 2. The largest absolute Gasteiger partial charge is 0.490 e. The lowest BCUT2D eigenvalue weighted by atomic mass is 10.0. The minimum Gasteiger partial charge on any atom is -0.490 e. The molecule has 0 amide bonds. The molecule has 4 rings (SSSR count). The second kappa shape index (κ2) is 8.99. The topological polar surface area (TPSA) is 75.1 Å². The third-order valence-electron chi connectivity index (χ3n) is 5.52. The standard InChI is InChI=1S/C23H26F3N3O3/c1-13(2)31-20-9-6-14(12-18(20)23(24,25)26)22-28-21(29-32-22)17-5-3-4-16-15(17)7-8-19(16)27-10-11-30/h3-6,9,12-13,19,22,27,30H,7-8,10-11H2,1-2H3,(H,28,29). The van der Waals surface area contributed by atoms with Crippen LogP contribution in [0, 0.1) is 0 Å².